The number of hydrogen-bond donors (Lipinski definition) is 1. The van der Waals surface area contributed by atoms with Crippen molar-refractivity contribution in [2.45, 2.75) is 0 Å². The van der Waals surface area contributed by atoms with Gasteiger partial charge in [-0.15, -0.1) is 11.3 Å². The predicted molar refractivity (Wildman–Crippen MR) is 122 cm³/mol. The molecule has 3 aromatic rings. The molecule has 1 amide bonds. The first kappa shape index (κ1) is 22.3. The molecule has 7 nitrogen and oxygen atoms in total. The second-order valence-electron chi connectivity index (χ2n) is 6.02. The van der Waals surface area contributed by atoms with Gasteiger partial charge in [-0.3, -0.25) is 10.1 Å². The van der Waals surface area contributed by atoms with Gasteiger partial charge in [-0.1, -0.05) is 6.07 Å². The number of nitriles is 1. The fourth-order valence-electron chi connectivity index (χ4n) is 2.47. The fourth-order valence-corrected chi connectivity index (χ4v) is 3.51. The van der Waals surface area contributed by atoms with E-state index < -0.39 is 5.91 Å². The molecule has 0 unspecified atom stereocenters. The number of nitrogens with zero attached hydrogens (tertiary/aromatic N) is 2. The lowest BCUT2D eigenvalue weighted by molar-refractivity contribution is -0.112. The number of carbonyl (C=O) groups is 1. The van der Waals surface area contributed by atoms with E-state index in [4.69, 9.17) is 14.2 Å². The third kappa shape index (κ3) is 6.57. The highest BCUT2D eigenvalue weighted by Crippen LogP contribution is 2.27. The largest absolute Gasteiger partial charge is 0.497 e. The first-order chi connectivity index (χ1) is 15.1. The lowest BCUT2D eigenvalue weighted by atomic mass is 10.1. The third-order valence-corrected chi connectivity index (χ3v) is 5.26. The van der Waals surface area contributed by atoms with Crippen molar-refractivity contribution in [1.82, 2.24) is 4.98 Å². The van der Waals surface area contributed by atoms with Gasteiger partial charge in [-0.05, 0) is 64.0 Å². The zero-order chi connectivity index (χ0) is 22.1. The molecule has 1 aromatic heterocycles. The summed E-state index contributed by atoms with van der Waals surface area (Å²) in [5.41, 5.74) is 0.656. The fraction of sp³-hybridized carbons (Fsp3) is 0.136. The van der Waals surface area contributed by atoms with Crippen LogP contribution in [0.4, 0.5) is 5.13 Å². The maximum absolute atomic E-state index is 12.2. The van der Waals surface area contributed by atoms with Crippen LogP contribution in [0.3, 0.4) is 0 Å². The summed E-state index contributed by atoms with van der Waals surface area (Å²) in [5, 5.41) is 14.1. The molecular weight excluding hydrogens is 482 g/mol. The quantitative estimate of drug-likeness (QED) is 0.255. The number of thiazole rings is 1. The topological polar surface area (TPSA) is 93.5 Å². The van der Waals surface area contributed by atoms with E-state index in [1.165, 1.54) is 17.4 Å². The molecule has 0 saturated heterocycles. The third-order valence-electron chi connectivity index (χ3n) is 3.95. The number of ether oxygens (including phenoxy) is 3. The Kier molecular flexibility index (Phi) is 8.04. The van der Waals surface area contributed by atoms with Gasteiger partial charge in [0, 0.05) is 11.6 Å². The van der Waals surface area contributed by atoms with E-state index in [1.807, 2.05) is 30.3 Å². The van der Waals surface area contributed by atoms with Gasteiger partial charge in [0.25, 0.3) is 5.91 Å². The summed E-state index contributed by atoms with van der Waals surface area (Å²) in [6.07, 6.45) is 3.08. The summed E-state index contributed by atoms with van der Waals surface area (Å²) in [6, 6.07) is 14.5. The van der Waals surface area contributed by atoms with Gasteiger partial charge in [0.15, 0.2) is 5.13 Å². The Hall–Kier alpha value is -3.35. The van der Waals surface area contributed by atoms with E-state index in [1.54, 1.807) is 36.9 Å². The number of hydrogen-bond acceptors (Lipinski definition) is 7. The average Bonchev–Trinajstić information content (AvgIpc) is 3.29. The van der Waals surface area contributed by atoms with Crippen molar-refractivity contribution < 1.29 is 19.0 Å². The zero-order valence-corrected chi connectivity index (χ0v) is 18.9. The van der Waals surface area contributed by atoms with Crippen molar-refractivity contribution >= 4 is 44.4 Å². The molecule has 31 heavy (non-hydrogen) atoms. The predicted octanol–water partition coefficient (Wildman–Crippen LogP) is 4.92. The SMILES string of the molecule is COc1ccc(OCCOc2ccc(C=C(C#N)C(=O)Nc3nccs3)cc2Br)cc1. The van der Waals surface area contributed by atoms with E-state index in [0.29, 0.717) is 34.1 Å². The molecule has 0 atom stereocenters. The van der Waals surface area contributed by atoms with Gasteiger partial charge in [0.05, 0.1) is 11.6 Å². The molecule has 0 aliphatic rings. The minimum atomic E-state index is -0.510. The number of carbonyl (C=O) groups excluding carboxylic acids is 1. The van der Waals surface area contributed by atoms with Crippen LogP contribution in [0.2, 0.25) is 0 Å². The molecule has 1 N–H and O–H groups in total. The van der Waals surface area contributed by atoms with Crippen molar-refractivity contribution in [3.63, 3.8) is 0 Å². The number of benzene rings is 2. The number of rotatable bonds is 9. The second kappa shape index (κ2) is 11.2. The van der Waals surface area contributed by atoms with E-state index in [9.17, 15) is 10.1 Å². The smallest absolute Gasteiger partial charge is 0.268 e. The first-order valence-electron chi connectivity index (χ1n) is 9.11. The highest BCUT2D eigenvalue weighted by Gasteiger charge is 2.11. The molecule has 9 heteroatoms. The number of amides is 1. The lowest BCUT2D eigenvalue weighted by Gasteiger charge is -2.10. The van der Waals surface area contributed by atoms with Gasteiger partial charge < -0.3 is 14.2 Å². The van der Waals surface area contributed by atoms with Gasteiger partial charge in [0.1, 0.15) is 42.1 Å². The van der Waals surface area contributed by atoms with Crippen LogP contribution < -0.4 is 19.5 Å². The molecule has 0 spiro atoms. The zero-order valence-electron chi connectivity index (χ0n) is 16.5. The van der Waals surface area contributed by atoms with Gasteiger partial charge in [-0.25, -0.2) is 4.98 Å². The molecule has 0 bridgehead atoms. The summed E-state index contributed by atoms with van der Waals surface area (Å²) >= 11 is 4.74. The van der Waals surface area contributed by atoms with E-state index >= 15 is 0 Å². The highest BCUT2D eigenvalue weighted by atomic mass is 79.9. The minimum Gasteiger partial charge on any atom is -0.497 e. The van der Waals surface area contributed by atoms with Gasteiger partial charge >= 0.3 is 0 Å². The normalized spacial score (nSPS) is 10.8. The Morgan fingerprint density at radius 3 is 2.58 bits per heavy atom. The molecule has 0 saturated carbocycles. The van der Waals surface area contributed by atoms with Crippen LogP contribution >= 0.6 is 27.3 Å². The Morgan fingerprint density at radius 2 is 1.94 bits per heavy atom. The van der Waals surface area contributed by atoms with Crippen LogP contribution in [0.1, 0.15) is 5.56 Å². The lowest BCUT2D eigenvalue weighted by Crippen LogP contribution is -2.13. The summed E-state index contributed by atoms with van der Waals surface area (Å²) in [7, 11) is 1.61. The average molecular weight is 500 g/mol. The minimum absolute atomic E-state index is 0.0244. The summed E-state index contributed by atoms with van der Waals surface area (Å²) in [4.78, 5) is 16.2. The second-order valence-corrected chi connectivity index (χ2v) is 7.77. The summed E-state index contributed by atoms with van der Waals surface area (Å²) < 4.78 is 17.2. The number of halogens is 1. The van der Waals surface area contributed by atoms with E-state index in [-0.39, 0.29) is 5.57 Å². The van der Waals surface area contributed by atoms with Gasteiger partial charge in [-0.2, -0.15) is 5.26 Å². The van der Waals surface area contributed by atoms with Crippen LogP contribution in [0.25, 0.3) is 6.08 Å². The van der Waals surface area contributed by atoms with Crippen molar-refractivity contribution in [3.8, 4) is 23.3 Å². The highest BCUT2D eigenvalue weighted by molar-refractivity contribution is 9.10. The molecule has 3 rings (SSSR count). The number of anilines is 1. The van der Waals surface area contributed by atoms with Crippen LogP contribution in [-0.2, 0) is 4.79 Å². The maximum atomic E-state index is 12.2. The Bertz CT molecular complexity index is 1090. The molecule has 0 aliphatic heterocycles. The standard InChI is InChI=1S/C22H18BrN3O4S/c1-28-17-3-5-18(6-4-17)29-9-10-30-20-7-2-15(13-19(20)23)12-16(14-24)21(27)26-22-25-8-11-31-22/h2-8,11-13H,9-10H2,1H3,(H,25,26,27). The number of methoxy groups -OCH3 is 1. The molecule has 1 heterocycles. The van der Waals surface area contributed by atoms with Crippen LogP contribution in [0.15, 0.2) is 64.1 Å². The Labute approximate surface area is 192 Å². The maximum Gasteiger partial charge on any atom is 0.268 e. The Balaban J connectivity index is 1.55. The van der Waals surface area contributed by atoms with Crippen molar-refractivity contribution in [3.05, 3.63) is 69.7 Å². The molecule has 158 valence electrons. The number of nitrogens with one attached hydrogen (secondary N) is 1. The van der Waals surface area contributed by atoms with E-state index in [0.717, 1.165) is 11.5 Å². The van der Waals surface area contributed by atoms with Crippen LogP contribution in [0, 0.1) is 11.3 Å². The van der Waals surface area contributed by atoms with Crippen molar-refractivity contribution in [2.75, 3.05) is 25.6 Å². The van der Waals surface area contributed by atoms with Crippen LogP contribution in [-0.4, -0.2) is 31.2 Å². The molecule has 0 aliphatic carbocycles. The summed E-state index contributed by atoms with van der Waals surface area (Å²) in [6.45, 7) is 0.718. The molecule has 2 aromatic carbocycles. The molecule has 0 radical (unpaired) electrons. The molecule has 0 fully saturated rings. The first-order valence-corrected chi connectivity index (χ1v) is 10.8. The van der Waals surface area contributed by atoms with Crippen LogP contribution in [0.5, 0.6) is 17.2 Å². The monoisotopic (exact) mass is 499 g/mol. The van der Waals surface area contributed by atoms with E-state index in [2.05, 4.69) is 26.2 Å². The Morgan fingerprint density at radius 1 is 1.19 bits per heavy atom. The van der Waals surface area contributed by atoms with Crippen molar-refractivity contribution in [1.29, 1.82) is 5.26 Å². The molecular formula is C22H18BrN3O4S. The summed E-state index contributed by atoms with van der Waals surface area (Å²) in [5.74, 6) is 1.61. The van der Waals surface area contributed by atoms with Gasteiger partial charge in [0.2, 0.25) is 0 Å². The number of aromatic nitrogens is 1. The van der Waals surface area contributed by atoms with Crippen molar-refractivity contribution in [2.24, 2.45) is 0 Å².